The summed E-state index contributed by atoms with van der Waals surface area (Å²) in [6.07, 6.45) is 9.96. The van der Waals surface area contributed by atoms with Crippen molar-refractivity contribution >= 4 is 35.5 Å². The lowest BCUT2D eigenvalue weighted by molar-refractivity contribution is -0.144. The zero-order valence-electron chi connectivity index (χ0n) is 28.6. The predicted molar refractivity (Wildman–Crippen MR) is 194 cm³/mol. The molecule has 3 rings (SSSR count). The summed E-state index contributed by atoms with van der Waals surface area (Å²) >= 11 is 4.18. The Labute approximate surface area is 281 Å². The van der Waals surface area contributed by atoms with Crippen LogP contribution >= 0.6 is 23.5 Å². The highest BCUT2D eigenvalue weighted by molar-refractivity contribution is 8.17. The number of thioether (sulfide) groups is 2. The van der Waals surface area contributed by atoms with Gasteiger partial charge in [0.25, 0.3) is 0 Å². The molecule has 0 radical (unpaired) electrons. The van der Waals surface area contributed by atoms with Crippen LogP contribution < -0.4 is 0 Å². The van der Waals surface area contributed by atoms with Gasteiger partial charge in [-0.05, 0) is 103 Å². The smallest absolute Gasteiger partial charge is 0.314 e. The van der Waals surface area contributed by atoms with E-state index >= 15 is 0 Å². The van der Waals surface area contributed by atoms with Crippen LogP contribution in [-0.4, -0.2) is 38.2 Å². The standard InChI is InChI=1S/C39H58O4S2/c1-27(2)25-30-15-19-32(20-16-30)35(39(6,38(42)43)34-21-17-31(18-22-34)26-28(3)4)14-9-13-33(37-44-23-10-24-45-37)12-8-7-11-29(5)36(40)41/h15-22,27-29,33,35,37H,7-14,23-26H2,1-6H3,(H,40,41)(H,42,43). The third-order valence-corrected chi connectivity index (χ3v) is 12.8. The lowest BCUT2D eigenvalue weighted by atomic mass is 9.66. The highest BCUT2D eigenvalue weighted by Gasteiger charge is 2.44. The summed E-state index contributed by atoms with van der Waals surface area (Å²) in [5, 5.41) is 20.2. The van der Waals surface area contributed by atoms with Gasteiger partial charge in [0.2, 0.25) is 0 Å². The van der Waals surface area contributed by atoms with Crippen molar-refractivity contribution in [1.29, 1.82) is 0 Å². The lowest BCUT2D eigenvalue weighted by Gasteiger charge is -2.36. The number of rotatable bonds is 19. The zero-order valence-corrected chi connectivity index (χ0v) is 30.2. The summed E-state index contributed by atoms with van der Waals surface area (Å²) in [6.45, 7) is 12.6. The van der Waals surface area contributed by atoms with E-state index in [1.54, 1.807) is 6.92 Å². The molecule has 0 saturated carbocycles. The summed E-state index contributed by atoms with van der Waals surface area (Å²) in [6, 6.07) is 17.1. The summed E-state index contributed by atoms with van der Waals surface area (Å²) in [7, 11) is 0. The van der Waals surface area contributed by atoms with Crippen molar-refractivity contribution in [2.24, 2.45) is 23.7 Å². The van der Waals surface area contributed by atoms with Gasteiger partial charge >= 0.3 is 11.9 Å². The molecule has 1 saturated heterocycles. The minimum absolute atomic E-state index is 0.150. The molecule has 4 atom stereocenters. The highest BCUT2D eigenvalue weighted by atomic mass is 32.2. The molecule has 1 aliphatic rings. The first-order valence-corrected chi connectivity index (χ1v) is 19.4. The van der Waals surface area contributed by atoms with Gasteiger partial charge in [-0.2, -0.15) is 0 Å². The largest absolute Gasteiger partial charge is 0.481 e. The second kappa shape index (κ2) is 18.4. The third kappa shape index (κ3) is 11.4. The van der Waals surface area contributed by atoms with Crippen LogP contribution in [0.5, 0.6) is 0 Å². The number of aliphatic carboxylic acids is 2. The van der Waals surface area contributed by atoms with Crippen molar-refractivity contribution in [3.8, 4) is 0 Å². The Morgan fingerprint density at radius 1 is 0.756 bits per heavy atom. The van der Waals surface area contributed by atoms with E-state index in [9.17, 15) is 19.8 Å². The minimum Gasteiger partial charge on any atom is -0.481 e. The van der Waals surface area contributed by atoms with E-state index in [1.807, 2.05) is 6.92 Å². The van der Waals surface area contributed by atoms with Crippen LogP contribution in [0.1, 0.15) is 121 Å². The molecule has 1 fully saturated rings. The van der Waals surface area contributed by atoms with E-state index in [0.29, 0.717) is 22.3 Å². The Morgan fingerprint density at radius 2 is 1.27 bits per heavy atom. The SMILES string of the molecule is CC(C)Cc1ccc(C(CCCC(CCCCC(C)C(=O)O)C2SCCCS2)C(C)(C(=O)O)c2ccc(CC(C)C)cc2)cc1. The maximum absolute atomic E-state index is 13.3. The average molecular weight is 655 g/mol. The summed E-state index contributed by atoms with van der Waals surface area (Å²) in [5.41, 5.74) is 3.48. The van der Waals surface area contributed by atoms with Crippen LogP contribution in [0.15, 0.2) is 48.5 Å². The fraction of sp³-hybridized carbons (Fsp3) is 0.641. The Kier molecular flexibility index (Phi) is 15.4. The van der Waals surface area contributed by atoms with Crippen molar-refractivity contribution in [2.45, 2.75) is 122 Å². The first kappa shape index (κ1) is 37.5. The normalized spacial score (nSPS) is 17.6. The Hall–Kier alpha value is -1.92. The van der Waals surface area contributed by atoms with E-state index in [-0.39, 0.29) is 11.8 Å². The number of benzene rings is 2. The van der Waals surface area contributed by atoms with Gasteiger partial charge in [0.1, 0.15) is 0 Å². The maximum atomic E-state index is 13.3. The van der Waals surface area contributed by atoms with Gasteiger partial charge in [0.05, 0.1) is 15.9 Å². The number of hydrogen-bond donors (Lipinski definition) is 2. The molecule has 0 spiro atoms. The van der Waals surface area contributed by atoms with Crippen molar-refractivity contribution in [2.75, 3.05) is 11.5 Å². The number of carbonyl (C=O) groups is 2. The number of unbranched alkanes of at least 4 members (excludes halogenated alkanes) is 1. The molecule has 2 aromatic rings. The summed E-state index contributed by atoms with van der Waals surface area (Å²) in [5.74, 6) is 2.18. The Balaban J connectivity index is 1.85. The molecule has 0 amide bonds. The molecular formula is C39H58O4S2. The molecule has 45 heavy (non-hydrogen) atoms. The van der Waals surface area contributed by atoms with Gasteiger partial charge in [-0.15, -0.1) is 23.5 Å². The zero-order chi connectivity index (χ0) is 33.0. The van der Waals surface area contributed by atoms with E-state index < -0.39 is 17.4 Å². The van der Waals surface area contributed by atoms with Crippen LogP contribution in [0.2, 0.25) is 0 Å². The fourth-order valence-electron chi connectivity index (χ4n) is 6.84. The molecule has 0 aromatic heterocycles. The van der Waals surface area contributed by atoms with E-state index in [4.69, 9.17) is 0 Å². The Morgan fingerprint density at radius 3 is 1.78 bits per heavy atom. The molecule has 250 valence electrons. The van der Waals surface area contributed by atoms with Gasteiger partial charge in [0, 0.05) is 5.92 Å². The summed E-state index contributed by atoms with van der Waals surface area (Å²) in [4.78, 5) is 24.6. The van der Waals surface area contributed by atoms with E-state index in [0.717, 1.165) is 68.9 Å². The predicted octanol–water partition coefficient (Wildman–Crippen LogP) is 10.5. The quantitative estimate of drug-likeness (QED) is 0.147. The minimum atomic E-state index is -1.05. The van der Waals surface area contributed by atoms with Gasteiger partial charge < -0.3 is 10.2 Å². The van der Waals surface area contributed by atoms with Crippen LogP contribution in [0.4, 0.5) is 0 Å². The van der Waals surface area contributed by atoms with Crippen molar-refractivity contribution < 1.29 is 19.8 Å². The van der Waals surface area contributed by atoms with Gasteiger partial charge in [0.15, 0.2) is 0 Å². The Bertz CT molecular complexity index is 1170. The van der Waals surface area contributed by atoms with Gasteiger partial charge in [-0.25, -0.2) is 0 Å². The molecule has 0 bridgehead atoms. The van der Waals surface area contributed by atoms with Crippen LogP contribution in [0, 0.1) is 23.7 Å². The van der Waals surface area contributed by atoms with Crippen LogP contribution in [-0.2, 0) is 27.8 Å². The number of carboxylic acids is 2. The van der Waals surface area contributed by atoms with Gasteiger partial charge in [-0.1, -0.05) is 102 Å². The maximum Gasteiger partial charge on any atom is 0.314 e. The van der Waals surface area contributed by atoms with Crippen molar-refractivity contribution in [1.82, 2.24) is 0 Å². The fourth-order valence-corrected chi connectivity index (χ4v) is 10.2. The molecule has 1 heterocycles. The first-order chi connectivity index (χ1) is 21.4. The lowest BCUT2D eigenvalue weighted by Crippen LogP contribution is -2.39. The molecular weight excluding hydrogens is 597 g/mol. The second-order valence-electron chi connectivity index (χ2n) is 14.4. The van der Waals surface area contributed by atoms with Crippen molar-refractivity contribution in [3.63, 3.8) is 0 Å². The van der Waals surface area contributed by atoms with Crippen molar-refractivity contribution in [3.05, 3.63) is 70.8 Å². The monoisotopic (exact) mass is 654 g/mol. The number of hydrogen-bond acceptors (Lipinski definition) is 4. The first-order valence-electron chi connectivity index (χ1n) is 17.3. The third-order valence-electron chi connectivity index (χ3n) is 9.55. The summed E-state index contributed by atoms with van der Waals surface area (Å²) < 4.78 is 0.573. The van der Waals surface area contributed by atoms with E-state index in [1.165, 1.54) is 29.1 Å². The molecule has 4 unspecified atom stereocenters. The highest BCUT2D eigenvalue weighted by Crippen LogP contribution is 2.45. The number of carboxylic acid groups (broad SMARTS) is 2. The molecule has 4 nitrogen and oxygen atoms in total. The molecule has 0 aliphatic carbocycles. The van der Waals surface area contributed by atoms with Crippen LogP contribution in [0.25, 0.3) is 0 Å². The van der Waals surface area contributed by atoms with Gasteiger partial charge in [-0.3, -0.25) is 9.59 Å². The second-order valence-corrected chi connectivity index (χ2v) is 17.2. The van der Waals surface area contributed by atoms with Crippen LogP contribution in [0.3, 0.4) is 0 Å². The average Bonchev–Trinajstić information content (AvgIpc) is 3.00. The molecule has 6 heteroatoms. The molecule has 1 aliphatic heterocycles. The molecule has 2 aromatic carbocycles. The molecule has 2 N–H and O–H groups in total. The van der Waals surface area contributed by atoms with E-state index in [2.05, 4.69) is 99.7 Å². The topological polar surface area (TPSA) is 74.6 Å².